The molecule has 12 heteroatoms. The molecule has 0 bridgehead atoms. The van der Waals surface area contributed by atoms with Crippen LogP contribution in [0.2, 0.25) is 0 Å². The third-order valence-electron chi connectivity index (χ3n) is 6.07. The largest absolute Gasteiger partial charge is 0.498 e. The Balaban J connectivity index is 1.55. The zero-order valence-electron chi connectivity index (χ0n) is 19.3. The van der Waals surface area contributed by atoms with Gasteiger partial charge in [-0.25, -0.2) is 4.98 Å². The molecule has 4 aromatic rings. The van der Waals surface area contributed by atoms with Crippen LogP contribution in [-0.4, -0.2) is 69.9 Å². The van der Waals surface area contributed by atoms with Gasteiger partial charge in [-0.05, 0) is 44.7 Å². The van der Waals surface area contributed by atoms with E-state index < -0.39 is 16.8 Å². The highest BCUT2D eigenvalue weighted by Crippen LogP contribution is 2.36. The second-order valence-electron chi connectivity index (χ2n) is 10.1. The summed E-state index contributed by atoms with van der Waals surface area (Å²) in [5.74, 6) is 0.519. The summed E-state index contributed by atoms with van der Waals surface area (Å²) in [5, 5.41) is 13.9. The molecular formula is C21H26B3FN6O2. The average molecular weight is 446 g/mol. The van der Waals surface area contributed by atoms with E-state index in [0.717, 1.165) is 42.2 Å². The average Bonchev–Trinajstić information content (AvgIpc) is 3.32. The van der Waals surface area contributed by atoms with E-state index in [9.17, 15) is 9.50 Å². The van der Waals surface area contributed by atoms with Crippen LogP contribution in [-0.2, 0) is 0 Å². The second kappa shape index (κ2) is 7.79. The summed E-state index contributed by atoms with van der Waals surface area (Å²) in [6.07, 6.45) is 7.91. The first-order chi connectivity index (χ1) is 15.6. The molecule has 0 aromatic carbocycles. The minimum absolute atomic E-state index is 0.186. The SMILES string of the molecule is BC(B)(B)Oc1nc(N[C@H]2CC[C@](C)(O)CC2)nc2[nH]cc(-c3ccc4ncc(F)n4c3)c12. The number of nitrogens with zero attached hydrogens (tertiary/aromatic N) is 4. The molecule has 5 rings (SSSR count). The predicted octanol–water partition coefficient (Wildman–Crippen LogP) is 0.407. The molecular weight excluding hydrogens is 420 g/mol. The second-order valence-corrected chi connectivity index (χ2v) is 10.1. The maximum atomic E-state index is 14.1. The van der Waals surface area contributed by atoms with Gasteiger partial charge >= 0.3 is 0 Å². The van der Waals surface area contributed by atoms with E-state index >= 15 is 0 Å². The molecule has 0 amide bonds. The number of rotatable bonds is 5. The van der Waals surface area contributed by atoms with Crippen LogP contribution in [0.4, 0.5) is 10.3 Å². The third kappa shape index (κ3) is 4.44. The van der Waals surface area contributed by atoms with Crippen LogP contribution in [0.5, 0.6) is 5.88 Å². The minimum Gasteiger partial charge on any atom is -0.498 e. The molecule has 4 heterocycles. The number of H-pyrrole nitrogens is 1. The number of aromatic amines is 1. The Labute approximate surface area is 193 Å². The molecule has 8 nitrogen and oxygen atoms in total. The van der Waals surface area contributed by atoms with Gasteiger partial charge < -0.3 is 20.1 Å². The van der Waals surface area contributed by atoms with E-state index in [1.54, 1.807) is 12.3 Å². The zero-order valence-corrected chi connectivity index (χ0v) is 19.3. The fourth-order valence-electron chi connectivity index (χ4n) is 4.33. The first-order valence-electron chi connectivity index (χ1n) is 11.3. The normalized spacial score (nSPS) is 21.5. The van der Waals surface area contributed by atoms with E-state index in [1.165, 1.54) is 10.6 Å². The zero-order chi connectivity index (χ0) is 23.4. The standard InChI is InChI=1S/C21H26B3FN6O2/c1-20(32)6-4-12(5-7-20)28-19-29-17-16(18(30-19)33-21(22,23)24)13(8-27-17)11-2-3-15-26-9-14(25)31(15)10-11/h2-3,8-10,12,32H,4-7,22-24H2,1H3,(H2,27,28,29,30)/t12-,20-. The number of halogens is 1. The van der Waals surface area contributed by atoms with Crippen LogP contribution in [0, 0.1) is 5.95 Å². The number of fused-ring (bicyclic) bond motifs is 2. The molecule has 0 spiro atoms. The number of pyridine rings is 1. The maximum absolute atomic E-state index is 14.1. The summed E-state index contributed by atoms with van der Waals surface area (Å²) in [5.41, 5.74) is 2.18. The van der Waals surface area contributed by atoms with Crippen molar-refractivity contribution in [2.45, 2.75) is 49.5 Å². The Hall–Kier alpha value is -3.01. The maximum Gasteiger partial charge on any atom is 0.228 e. The molecule has 1 fully saturated rings. The van der Waals surface area contributed by atoms with Crippen LogP contribution in [0.3, 0.4) is 0 Å². The summed E-state index contributed by atoms with van der Waals surface area (Å²) in [7, 11) is 5.91. The van der Waals surface area contributed by atoms with E-state index in [0.29, 0.717) is 23.1 Å². The van der Waals surface area contributed by atoms with E-state index in [-0.39, 0.29) is 6.04 Å². The van der Waals surface area contributed by atoms with Crippen molar-refractivity contribution in [3.05, 3.63) is 36.7 Å². The Kier molecular flexibility index (Phi) is 5.15. The summed E-state index contributed by atoms with van der Waals surface area (Å²) >= 11 is 0. The lowest BCUT2D eigenvalue weighted by Gasteiger charge is -2.33. The van der Waals surface area contributed by atoms with Crippen LogP contribution >= 0.6 is 0 Å². The molecule has 0 atom stereocenters. The highest BCUT2D eigenvalue weighted by molar-refractivity contribution is 6.58. The summed E-state index contributed by atoms with van der Waals surface area (Å²) in [4.78, 5) is 16.7. The van der Waals surface area contributed by atoms with Crippen LogP contribution in [0.15, 0.2) is 30.7 Å². The molecule has 0 saturated heterocycles. The van der Waals surface area contributed by atoms with Crippen molar-refractivity contribution in [2.24, 2.45) is 0 Å². The molecule has 0 aliphatic heterocycles. The van der Waals surface area contributed by atoms with Gasteiger partial charge in [-0.15, -0.1) is 0 Å². The Bertz CT molecular complexity index is 1320. The first kappa shape index (κ1) is 21.8. The number of imidazole rings is 1. The van der Waals surface area contributed by atoms with Gasteiger partial charge in [0.15, 0.2) is 0 Å². The number of aromatic nitrogens is 5. The van der Waals surface area contributed by atoms with Gasteiger partial charge in [0.2, 0.25) is 17.8 Å². The van der Waals surface area contributed by atoms with Gasteiger partial charge in [-0.2, -0.15) is 14.4 Å². The highest BCUT2D eigenvalue weighted by atomic mass is 19.1. The molecule has 1 saturated carbocycles. The van der Waals surface area contributed by atoms with Gasteiger partial charge in [0.25, 0.3) is 0 Å². The fourth-order valence-corrected chi connectivity index (χ4v) is 4.33. The molecule has 33 heavy (non-hydrogen) atoms. The number of hydrogen-bond donors (Lipinski definition) is 3. The van der Waals surface area contributed by atoms with Crippen LogP contribution < -0.4 is 10.1 Å². The molecule has 0 unspecified atom stereocenters. The van der Waals surface area contributed by atoms with Crippen molar-refractivity contribution in [3.63, 3.8) is 0 Å². The first-order valence-corrected chi connectivity index (χ1v) is 11.3. The smallest absolute Gasteiger partial charge is 0.228 e. The molecule has 4 aromatic heterocycles. The minimum atomic E-state index is -0.604. The number of anilines is 1. The van der Waals surface area contributed by atoms with Crippen molar-refractivity contribution < 1.29 is 14.2 Å². The van der Waals surface area contributed by atoms with Gasteiger partial charge in [-0.1, -0.05) is 0 Å². The highest BCUT2D eigenvalue weighted by Gasteiger charge is 2.29. The molecule has 3 N–H and O–H groups in total. The Morgan fingerprint density at radius 1 is 1.27 bits per heavy atom. The monoisotopic (exact) mass is 446 g/mol. The van der Waals surface area contributed by atoms with Crippen molar-refractivity contribution in [3.8, 4) is 17.0 Å². The van der Waals surface area contributed by atoms with Gasteiger partial charge in [0.05, 0.1) is 17.2 Å². The lowest BCUT2D eigenvalue weighted by molar-refractivity contribution is 0.0195. The quantitative estimate of drug-likeness (QED) is 0.385. The lowest BCUT2D eigenvalue weighted by Crippen LogP contribution is -2.38. The van der Waals surface area contributed by atoms with E-state index in [4.69, 9.17) is 14.7 Å². The van der Waals surface area contributed by atoms with Crippen LogP contribution in [0.1, 0.15) is 32.6 Å². The number of hydrogen-bond acceptors (Lipinski definition) is 6. The molecule has 168 valence electrons. The lowest BCUT2D eigenvalue weighted by atomic mass is 9.52. The molecule has 1 aliphatic carbocycles. The summed E-state index contributed by atoms with van der Waals surface area (Å²) in [6, 6.07) is 3.85. The fraction of sp³-hybridized carbons (Fsp3) is 0.381. The van der Waals surface area contributed by atoms with Crippen molar-refractivity contribution >= 4 is 46.2 Å². The summed E-state index contributed by atoms with van der Waals surface area (Å²) in [6.45, 7) is 1.88. The third-order valence-corrected chi connectivity index (χ3v) is 6.07. The number of aliphatic hydroxyl groups is 1. The Morgan fingerprint density at radius 2 is 2.03 bits per heavy atom. The molecule has 0 radical (unpaired) electrons. The van der Waals surface area contributed by atoms with Gasteiger partial charge in [0, 0.05) is 34.9 Å². The Morgan fingerprint density at radius 3 is 2.76 bits per heavy atom. The van der Waals surface area contributed by atoms with Crippen molar-refractivity contribution in [1.29, 1.82) is 0 Å². The van der Waals surface area contributed by atoms with E-state index in [2.05, 4.69) is 15.3 Å². The summed E-state index contributed by atoms with van der Waals surface area (Å²) < 4.78 is 21.8. The predicted molar refractivity (Wildman–Crippen MR) is 134 cm³/mol. The van der Waals surface area contributed by atoms with Crippen molar-refractivity contribution in [1.82, 2.24) is 24.3 Å². The topological polar surface area (TPSA) is 100 Å². The molecule has 1 aliphatic rings. The van der Waals surface area contributed by atoms with Gasteiger partial charge in [-0.3, -0.25) is 4.40 Å². The number of nitrogens with one attached hydrogen (secondary N) is 2. The van der Waals surface area contributed by atoms with Gasteiger partial charge in [0.1, 0.15) is 34.8 Å². The van der Waals surface area contributed by atoms with Crippen LogP contribution in [0.25, 0.3) is 27.8 Å². The van der Waals surface area contributed by atoms with Crippen molar-refractivity contribution in [2.75, 3.05) is 5.32 Å². The van der Waals surface area contributed by atoms with E-state index in [1.807, 2.05) is 42.7 Å². The number of ether oxygens (including phenoxy) is 1.